The van der Waals surface area contributed by atoms with Gasteiger partial charge >= 0.3 is 0 Å². The van der Waals surface area contributed by atoms with Crippen LogP contribution in [-0.4, -0.2) is 13.7 Å². The van der Waals surface area contributed by atoms with Crippen LogP contribution >= 0.6 is 0 Å². The molecule has 3 atom stereocenters. The Balaban J connectivity index is 2.28. The molecule has 4 heteroatoms. The monoisotopic (exact) mass is 173 g/mol. The van der Waals surface area contributed by atoms with E-state index in [2.05, 4.69) is 6.08 Å². The van der Waals surface area contributed by atoms with Gasteiger partial charge in [-0.3, -0.25) is 0 Å². The predicted molar refractivity (Wildman–Crippen MR) is 42.2 cm³/mol. The van der Waals surface area contributed by atoms with Crippen LogP contribution in [0, 0.1) is 11.8 Å². The fourth-order valence-electron chi connectivity index (χ4n) is 2.11. The number of primary sulfonamides is 1. The van der Waals surface area contributed by atoms with E-state index in [9.17, 15) is 8.42 Å². The Morgan fingerprint density at radius 2 is 2.00 bits per heavy atom. The summed E-state index contributed by atoms with van der Waals surface area (Å²) in [5.41, 5.74) is 0. The molecule has 0 aromatic carbocycles. The van der Waals surface area contributed by atoms with Gasteiger partial charge in [0.05, 0.1) is 5.25 Å². The number of fused-ring (bicyclic) bond motifs is 2. The van der Waals surface area contributed by atoms with Crippen molar-refractivity contribution in [2.24, 2.45) is 17.0 Å². The third-order valence-electron chi connectivity index (χ3n) is 2.64. The number of hydrogen-bond acceptors (Lipinski definition) is 2. The minimum absolute atomic E-state index is 0.204. The molecule has 0 aliphatic heterocycles. The molecular weight excluding hydrogens is 162 g/mol. The Kier molecular flexibility index (Phi) is 1.38. The van der Waals surface area contributed by atoms with Crippen LogP contribution in [0.2, 0.25) is 0 Å². The second-order valence-corrected chi connectivity index (χ2v) is 5.19. The first-order valence-electron chi connectivity index (χ1n) is 3.77. The first-order chi connectivity index (χ1) is 5.07. The average Bonchev–Trinajstić information content (AvgIpc) is 2.42. The van der Waals surface area contributed by atoms with Gasteiger partial charge in [0.15, 0.2) is 0 Å². The standard InChI is InChI=1S/C7H11NO2S/c8-11(9,10)7-4-5-1-2-6(7)3-5/h1-2,5-7H,3-4H2,(H2,8,9,10)/t5-,6-,7-/m0/s1. The second-order valence-electron chi connectivity index (χ2n) is 3.41. The summed E-state index contributed by atoms with van der Waals surface area (Å²) in [5.74, 6) is 0.679. The molecule has 2 bridgehead atoms. The van der Waals surface area contributed by atoms with Gasteiger partial charge < -0.3 is 0 Å². The molecule has 1 saturated carbocycles. The fraction of sp³-hybridized carbons (Fsp3) is 0.714. The Morgan fingerprint density at radius 1 is 1.27 bits per heavy atom. The average molecular weight is 173 g/mol. The summed E-state index contributed by atoms with van der Waals surface area (Å²) in [6, 6.07) is 0. The summed E-state index contributed by atoms with van der Waals surface area (Å²) < 4.78 is 21.9. The lowest BCUT2D eigenvalue weighted by atomic mass is 10.1. The number of hydrogen-bond donors (Lipinski definition) is 1. The Hall–Kier alpha value is -0.350. The molecule has 0 aromatic heterocycles. The maximum atomic E-state index is 11.0. The van der Waals surface area contributed by atoms with Crippen LogP contribution in [0.5, 0.6) is 0 Å². The van der Waals surface area contributed by atoms with Crippen LogP contribution in [-0.2, 0) is 10.0 Å². The SMILES string of the molecule is NS(=O)(=O)[C@H]1C[C@H]2C=C[C@H]1C2. The van der Waals surface area contributed by atoms with E-state index in [0.29, 0.717) is 5.92 Å². The van der Waals surface area contributed by atoms with Crippen molar-refractivity contribution in [1.82, 2.24) is 0 Å². The fourth-order valence-corrected chi connectivity index (χ4v) is 3.31. The van der Waals surface area contributed by atoms with Crippen molar-refractivity contribution < 1.29 is 8.42 Å². The quantitative estimate of drug-likeness (QED) is 0.577. The highest BCUT2D eigenvalue weighted by molar-refractivity contribution is 7.89. The molecule has 2 aliphatic carbocycles. The summed E-state index contributed by atoms with van der Waals surface area (Å²) >= 11 is 0. The van der Waals surface area contributed by atoms with E-state index in [1.54, 1.807) is 0 Å². The van der Waals surface area contributed by atoms with Crippen molar-refractivity contribution in [3.05, 3.63) is 12.2 Å². The Labute approximate surface area is 66.3 Å². The maximum absolute atomic E-state index is 11.0. The van der Waals surface area contributed by atoms with Crippen LogP contribution in [0.1, 0.15) is 12.8 Å². The molecule has 2 rings (SSSR count). The van der Waals surface area contributed by atoms with E-state index in [4.69, 9.17) is 5.14 Å². The lowest BCUT2D eigenvalue weighted by Crippen LogP contribution is -2.31. The van der Waals surface area contributed by atoms with Gasteiger partial charge in [0.1, 0.15) is 0 Å². The molecule has 11 heavy (non-hydrogen) atoms. The molecule has 0 amide bonds. The van der Waals surface area contributed by atoms with Gasteiger partial charge in [-0.2, -0.15) is 0 Å². The molecule has 3 nitrogen and oxygen atoms in total. The Bertz CT molecular complexity index is 294. The summed E-state index contributed by atoms with van der Waals surface area (Å²) in [5, 5.41) is 4.77. The Morgan fingerprint density at radius 3 is 2.27 bits per heavy atom. The molecular formula is C7H11NO2S. The topological polar surface area (TPSA) is 60.2 Å². The van der Waals surface area contributed by atoms with Crippen molar-refractivity contribution in [2.45, 2.75) is 18.1 Å². The molecule has 0 spiro atoms. The summed E-state index contributed by atoms with van der Waals surface area (Å²) in [4.78, 5) is 0. The van der Waals surface area contributed by atoms with Crippen LogP contribution in [0.4, 0.5) is 0 Å². The normalized spacial score (nSPS) is 41.7. The molecule has 62 valence electrons. The summed E-state index contributed by atoms with van der Waals surface area (Å²) in [6.45, 7) is 0. The highest BCUT2D eigenvalue weighted by atomic mass is 32.2. The van der Waals surface area contributed by atoms with Gasteiger partial charge in [-0.15, -0.1) is 0 Å². The van der Waals surface area contributed by atoms with Gasteiger partial charge in [0, 0.05) is 0 Å². The lowest BCUT2D eigenvalue weighted by molar-refractivity contribution is 0.563. The van der Waals surface area contributed by atoms with Gasteiger partial charge in [-0.1, -0.05) is 12.2 Å². The zero-order valence-electron chi connectivity index (χ0n) is 6.10. The molecule has 0 heterocycles. The predicted octanol–water partition coefficient (Wildman–Crippen LogP) is 0.240. The van der Waals surface area contributed by atoms with Crippen LogP contribution in [0.25, 0.3) is 0 Å². The first-order valence-corrected chi connectivity index (χ1v) is 5.38. The lowest BCUT2D eigenvalue weighted by Gasteiger charge is -2.14. The van der Waals surface area contributed by atoms with Gasteiger partial charge in [0.25, 0.3) is 0 Å². The minimum atomic E-state index is -3.28. The van der Waals surface area contributed by atoms with Gasteiger partial charge in [-0.25, -0.2) is 13.6 Å². The summed E-state index contributed by atoms with van der Waals surface area (Å²) in [7, 11) is -3.28. The van der Waals surface area contributed by atoms with Crippen molar-refractivity contribution >= 4 is 10.0 Å². The number of allylic oxidation sites excluding steroid dienone is 2. The van der Waals surface area contributed by atoms with Crippen LogP contribution in [0.15, 0.2) is 12.2 Å². The molecule has 0 saturated heterocycles. The molecule has 0 radical (unpaired) electrons. The third kappa shape index (κ3) is 1.10. The van der Waals surface area contributed by atoms with Crippen molar-refractivity contribution in [2.75, 3.05) is 0 Å². The molecule has 0 unspecified atom stereocenters. The number of rotatable bonds is 1. The van der Waals surface area contributed by atoms with Crippen molar-refractivity contribution in [3.63, 3.8) is 0 Å². The van der Waals surface area contributed by atoms with E-state index in [1.807, 2.05) is 6.08 Å². The minimum Gasteiger partial charge on any atom is -0.228 e. The number of sulfonamides is 1. The highest BCUT2D eigenvalue weighted by Crippen LogP contribution is 2.41. The van der Waals surface area contributed by atoms with E-state index in [1.165, 1.54) is 0 Å². The van der Waals surface area contributed by atoms with Crippen LogP contribution in [0.3, 0.4) is 0 Å². The van der Waals surface area contributed by atoms with Gasteiger partial charge in [0.2, 0.25) is 10.0 Å². The highest BCUT2D eigenvalue weighted by Gasteiger charge is 2.41. The third-order valence-corrected chi connectivity index (χ3v) is 4.03. The molecule has 1 fully saturated rings. The first kappa shape index (κ1) is 7.31. The largest absolute Gasteiger partial charge is 0.228 e. The zero-order chi connectivity index (χ0) is 8.06. The van der Waals surface area contributed by atoms with E-state index >= 15 is 0 Å². The maximum Gasteiger partial charge on any atom is 0.212 e. The smallest absolute Gasteiger partial charge is 0.212 e. The van der Waals surface area contributed by atoms with Crippen LogP contribution < -0.4 is 5.14 Å². The molecule has 2 N–H and O–H groups in total. The second kappa shape index (κ2) is 2.08. The van der Waals surface area contributed by atoms with E-state index < -0.39 is 10.0 Å². The van der Waals surface area contributed by atoms with E-state index in [0.717, 1.165) is 12.8 Å². The zero-order valence-corrected chi connectivity index (χ0v) is 6.92. The van der Waals surface area contributed by atoms with E-state index in [-0.39, 0.29) is 11.2 Å². The number of nitrogens with two attached hydrogens (primary N) is 1. The summed E-state index contributed by atoms with van der Waals surface area (Å²) in [6.07, 6.45) is 5.82. The van der Waals surface area contributed by atoms with Crippen molar-refractivity contribution in [3.8, 4) is 0 Å². The molecule has 2 aliphatic rings. The van der Waals surface area contributed by atoms with Gasteiger partial charge in [-0.05, 0) is 24.7 Å². The molecule has 0 aromatic rings. The van der Waals surface area contributed by atoms with Crippen molar-refractivity contribution in [1.29, 1.82) is 0 Å².